The van der Waals surface area contributed by atoms with E-state index in [1.165, 1.54) is 6.92 Å². The maximum atomic E-state index is 12.9. The van der Waals surface area contributed by atoms with Crippen LogP contribution < -0.4 is 0 Å². The summed E-state index contributed by atoms with van der Waals surface area (Å²) < 4.78 is 5.91. The second-order valence-corrected chi connectivity index (χ2v) is 9.27. The topological polar surface area (TPSA) is 145 Å². The molecule has 0 radical (unpaired) electrons. The van der Waals surface area contributed by atoms with Gasteiger partial charge in [-0.15, -0.1) is 0 Å². The Kier molecular flexibility index (Phi) is 6.08. The third-order valence-corrected chi connectivity index (χ3v) is 6.64. The molecule has 2 aliphatic carbocycles. The lowest BCUT2D eigenvalue weighted by atomic mass is 9.69. The Morgan fingerprint density at radius 3 is 2.09 bits per heavy atom. The second kappa shape index (κ2) is 8.08. The van der Waals surface area contributed by atoms with Gasteiger partial charge in [-0.2, -0.15) is 0 Å². The summed E-state index contributed by atoms with van der Waals surface area (Å²) in [5.41, 5.74) is -1.62. The zero-order chi connectivity index (χ0) is 24.2. The molecule has 8 nitrogen and oxygen atoms in total. The van der Waals surface area contributed by atoms with E-state index in [0.29, 0.717) is 12.8 Å². The molecule has 3 aliphatic rings. The van der Waals surface area contributed by atoms with Crippen LogP contribution in [-0.2, 0) is 14.3 Å². The van der Waals surface area contributed by atoms with Crippen LogP contribution >= 0.6 is 0 Å². The van der Waals surface area contributed by atoms with E-state index < -0.39 is 40.5 Å². The van der Waals surface area contributed by atoms with Crippen molar-refractivity contribution < 1.29 is 39.9 Å². The molecule has 1 heterocycles. The third-order valence-electron chi connectivity index (χ3n) is 6.64. The van der Waals surface area contributed by atoms with Crippen molar-refractivity contribution in [3.05, 3.63) is 45.3 Å². The third kappa shape index (κ3) is 3.28. The minimum atomic E-state index is -2.50. The summed E-state index contributed by atoms with van der Waals surface area (Å²) in [4.78, 5) is 25.8. The summed E-state index contributed by atoms with van der Waals surface area (Å²) in [7, 11) is 0. The lowest BCUT2D eigenvalue weighted by Crippen LogP contribution is -2.53. The van der Waals surface area contributed by atoms with Gasteiger partial charge in [-0.1, -0.05) is 13.8 Å². The SMILES string of the molecule is CCCC(=O)C1=C(O)C(C)(C)C(O)=C2CC3=C(O)C(C)C(O)=C(C(=O)CCC)C3(O)OC21. The summed E-state index contributed by atoms with van der Waals surface area (Å²) >= 11 is 0. The monoisotopic (exact) mass is 448 g/mol. The largest absolute Gasteiger partial charge is 0.511 e. The van der Waals surface area contributed by atoms with E-state index >= 15 is 0 Å². The molecule has 3 unspecified atom stereocenters. The van der Waals surface area contributed by atoms with Crippen LogP contribution in [0.1, 0.15) is 66.7 Å². The van der Waals surface area contributed by atoms with Crippen LogP contribution in [0, 0.1) is 11.3 Å². The summed E-state index contributed by atoms with van der Waals surface area (Å²) in [5, 5.41) is 54.9. The van der Waals surface area contributed by atoms with Gasteiger partial charge in [-0.25, -0.2) is 0 Å². The van der Waals surface area contributed by atoms with Crippen LogP contribution in [0.15, 0.2) is 45.3 Å². The molecule has 8 heteroatoms. The first-order chi connectivity index (χ1) is 14.8. The van der Waals surface area contributed by atoms with E-state index in [9.17, 15) is 35.1 Å². The summed E-state index contributed by atoms with van der Waals surface area (Å²) in [6.45, 7) is 8.17. The van der Waals surface area contributed by atoms with Gasteiger partial charge in [0.1, 0.15) is 29.1 Å². The molecule has 0 saturated carbocycles. The summed E-state index contributed by atoms with van der Waals surface area (Å²) in [5.74, 6) is -5.89. The Balaban J connectivity index is 2.25. The van der Waals surface area contributed by atoms with Crippen molar-refractivity contribution in [2.45, 2.75) is 78.6 Å². The lowest BCUT2D eigenvalue weighted by Gasteiger charge is -2.48. The van der Waals surface area contributed by atoms with Crippen molar-refractivity contribution in [1.29, 1.82) is 0 Å². The van der Waals surface area contributed by atoms with E-state index in [1.54, 1.807) is 27.7 Å². The number of fused-ring (bicyclic) bond motifs is 2. The highest BCUT2D eigenvalue weighted by Crippen LogP contribution is 2.54. The number of ether oxygens (including phenoxy) is 1. The Bertz CT molecular complexity index is 993. The highest BCUT2D eigenvalue weighted by molar-refractivity contribution is 6.00. The number of hydrogen-bond acceptors (Lipinski definition) is 8. The van der Waals surface area contributed by atoms with E-state index in [-0.39, 0.29) is 58.8 Å². The smallest absolute Gasteiger partial charge is 0.227 e. The number of aliphatic hydroxyl groups excluding tert-OH is 4. The second-order valence-electron chi connectivity index (χ2n) is 9.27. The van der Waals surface area contributed by atoms with Crippen LogP contribution in [0.4, 0.5) is 0 Å². The van der Waals surface area contributed by atoms with Gasteiger partial charge in [0, 0.05) is 30.4 Å². The van der Waals surface area contributed by atoms with Gasteiger partial charge in [0.05, 0.1) is 22.5 Å². The molecule has 1 saturated heterocycles. The number of rotatable bonds is 6. The van der Waals surface area contributed by atoms with E-state index in [2.05, 4.69) is 0 Å². The Labute approximate surface area is 187 Å². The van der Waals surface area contributed by atoms with Crippen molar-refractivity contribution in [2.75, 3.05) is 0 Å². The molecule has 0 aromatic rings. The first kappa shape index (κ1) is 24.1. The molecule has 1 fully saturated rings. The number of carbonyl (C=O) groups is 2. The molecular formula is C24H32O8. The molecule has 0 spiro atoms. The van der Waals surface area contributed by atoms with Gasteiger partial charge < -0.3 is 30.3 Å². The van der Waals surface area contributed by atoms with Crippen molar-refractivity contribution in [3.63, 3.8) is 0 Å². The van der Waals surface area contributed by atoms with Gasteiger partial charge >= 0.3 is 0 Å². The number of carbonyl (C=O) groups excluding carboxylic acids is 2. The van der Waals surface area contributed by atoms with Gasteiger partial charge in [0.15, 0.2) is 11.6 Å². The molecule has 3 atom stereocenters. The van der Waals surface area contributed by atoms with Crippen molar-refractivity contribution in [1.82, 2.24) is 0 Å². The molecule has 0 bridgehead atoms. The number of aliphatic hydroxyl groups is 5. The maximum Gasteiger partial charge on any atom is 0.227 e. The quantitative estimate of drug-likeness (QED) is 0.408. The average molecular weight is 449 g/mol. The first-order valence-electron chi connectivity index (χ1n) is 11.0. The van der Waals surface area contributed by atoms with Gasteiger partial charge in [-0.05, 0) is 33.6 Å². The standard InChI is InChI=1S/C24H32O8/c1-6-8-14(25)16-20-12(21(29)23(4,5)22(16)30)10-13-18(27)11(3)19(28)17(15(26)9-7-2)24(13,31)32-20/h11,20,27-31H,6-10H2,1-5H3. The highest BCUT2D eigenvalue weighted by Gasteiger charge is 2.58. The lowest BCUT2D eigenvalue weighted by molar-refractivity contribution is -0.185. The number of Topliss-reactive ketones (excluding diaryl/α,β-unsaturated/α-hetero) is 2. The van der Waals surface area contributed by atoms with E-state index in [4.69, 9.17) is 4.74 Å². The minimum Gasteiger partial charge on any atom is -0.511 e. The Hall–Kier alpha value is -2.58. The highest BCUT2D eigenvalue weighted by atomic mass is 16.6. The zero-order valence-corrected chi connectivity index (χ0v) is 19.2. The van der Waals surface area contributed by atoms with Gasteiger partial charge in [0.2, 0.25) is 5.79 Å². The van der Waals surface area contributed by atoms with Crippen LogP contribution in [0.3, 0.4) is 0 Å². The van der Waals surface area contributed by atoms with Gasteiger partial charge in [0.25, 0.3) is 0 Å². The summed E-state index contributed by atoms with van der Waals surface area (Å²) in [6, 6.07) is 0. The first-order valence-corrected chi connectivity index (χ1v) is 11.0. The predicted octanol–water partition coefficient (Wildman–Crippen LogP) is 4.14. The number of hydrogen-bond donors (Lipinski definition) is 5. The predicted molar refractivity (Wildman–Crippen MR) is 116 cm³/mol. The van der Waals surface area contributed by atoms with Crippen molar-refractivity contribution in [3.8, 4) is 0 Å². The summed E-state index contributed by atoms with van der Waals surface area (Å²) in [6.07, 6.45) is -0.443. The fraction of sp³-hybridized carbons (Fsp3) is 0.583. The van der Waals surface area contributed by atoms with E-state index in [1.807, 2.05) is 0 Å². The average Bonchev–Trinajstić information content (AvgIpc) is 2.71. The number of ketones is 2. The Morgan fingerprint density at radius 2 is 1.53 bits per heavy atom. The van der Waals surface area contributed by atoms with Crippen molar-refractivity contribution >= 4 is 11.6 Å². The molecule has 1 aliphatic heterocycles. The molecule has 0 aromatic carbocycles. The van der Waals surface area contributed by atoms with Crippen LogP contribution in [-0.4, -0.2) is 49.0 Å². The van der Waals surface area contributed by atoms with Gasteiger partial charge in [-0.3, -0.25) is 9.59 Å². The fourth-order valence-electron chi connectivity index (χ4n) is 4.71. The normalized spacial score (nSPS) is 29.8. The zero-order valence-electron chi connectivity index (χ0n) is 19.2. The fourth-order valence-corrected chi connectivity index (χ4v) is 4.71. The van der Waals surface area contributed by atoms with Crippen LogP contribution in [0.2, 0.25) is 0 Å². The Morgan fingerprint density at radius 1 is 0.969 bits per heavy atom. The minimum absolute atomic E-state index is 0.0280. The molecule has 32 heavy (non-hydrogen) atoms. The van der Waals surface area contributed by atoms with Crippen molar-refractivity contribution in [2.24, 2.45) is 11.3 Å². The molecule has 3 rings (SSSR count). The molecule has 5 N–H and O–H groups in total. The maximum absolute atomic E-state index is 12.9. The molecular weight excluding hydrogens is 416 g/mol. The van der Waals surface area contributed by atoms with Crippen LogP contribution in [0.5, 0.6) is 0 Å². The molecule has 0 amide bonds. The van der Waals surface area contributed by atoms with Crippen LogP contribution in [0.25, 0.3) is 0 Å². The molecule has 176 valence electrons. The van der Waals surface area contributed by atoms with E-state index in [0.717, 1.165) is 0 Å². The molecule has 0 aromatic heterocycles.